The fraction of sp³-hybridized carbons (Fsp3) is 0.278. The van der Waals surface area contributed by atoms with E-state index in [1.807, 2.05) is 75.4 Å². The number of carbonyl (C=O) groups excluding carboxylic acids is 2. The molecule has 236 valence electrons. The fourth-order valence-electron chi connectivity index (χ4n) is 5.08. The number of benzene rings is 4. The molecule has 0 aliphatic carbocycles. The van der Waals surface area contributed by atoms with E-state index in [2.05, 4.69) is 5.32 Å². The molecule has 4 aromatic rings. The number of hydrogen-bond acceptors (Lipinski definition) is 4. The second kappa shape index (κ2) is 15.2. The number of halogens is 1. The normalized spacial score (nSPS) is 12.0. The van der Waals surface area contributed by atoms with Crippen molar-refractivity contribution in [1.29, 1.82) is 0 Å². The maximum Gasteiger partial charge on any atom is 0.264 e. The van der Waals surface area contributed by atoms with Gasteiger partial charge in [0.1, 0.15) is 12.6 Å². The van der Waals surface area contributed by atoms with Gasteiger partial charge in [-0.25, -0.2) is 8.42 Å². The van der Waals surface area contributed by atoms with Crippen molar-refractivity contribution in [2.24, 2.45) is 5.92 Å². The molecule has 4 aromatic carbocycles. The minimum absolute atomic E-state index is 0.0397. The van der Waals surface area contributed by atoms with Crippen LogP contribution in [0.5, 0.6) is 0 Å². The number of amides is 2. The summed E-state index contributed by atoms with van der Waals surface area (Å²) in [5.74, 6) is -0.620. The predicted molar refractivity (Wildman–Crippen MR) is 181 cm³/mol. The molecule has 1 N–H and O–H groups in total. The number of anilines is 1. The van der Waals surface area contributed by atoms with Gasteiger partial charge >= 0.3 is 0 Å². The van der Waals surface area contributed by atoms with Crippen molar-refractivity contribution in [3.8, 4) is 0 Å². The van der Waals surface area contributed by atoms with E-state index < -0.39 is 28.5 Å². The highest BCUT2D eigenvalue weighted by Gasteiger charge is 2.35. The van der Waals surface area contributed by atoms with E-state index in [-0.39, 0.29) is 29.7 Å². The molecule has 45 heavy (non-hydrogen) atoms. The second-order valence-corrected chi connectivity index (χ2v) is 13.8. The third-order valence-electron chi connectivity index (χ3n) is 7.51. The van der Waals surface area contributed by atoms with Gasteiger partial charge in [0.15, 0.2) is 0 Å². The lowest BCUT2D eigenvalue weighted by atomic mass is 10.0. The Morgan fingerprint density at radius 1 is 0.822 bits per heavy atom. The lowest BCUT2D eigenvalue weighted by molar-refractivity contribution is -0.140. The summed E-state index contributed by atoms with van der Waals surface area (Å²) < 4.78 is 29.4. The number of nitrogens with one attached hydrogen (secondary N) is 1. The smallest absolute Gasteiger partial charge is 0.264 e. The Labute approximate surface area is 271 Å². The van der Waals surface area contributed by atoms with E-state index in [9.17, 15) is 18.0 Å². The van der Waals surface area contributed by atoms with Crippen molar-refractivity contribution >= 4 is 39.1 Å². The van der Waals surface area contributed by atoms with Gasteiger partial charge in [-0.1, -0.05) is 110 Å². The molecule has 0 unspecified atom stereocenters. The average molecular weight is 646 g/mol. The first kappa shape index (κ1) is 33.7. The average Bonchev–Trinajstić information content (AvgIpc) is 3.02. The Morgan fingerprint density at radius 2 is 1.44 bits per heavy atom. The highest BCUT2D eigenvalue weighted by molar-refractivity contribution is 7.92. The first-order valence-electron chi connectivity index (χ1n) is 15.0. The molecule has 0 spiro atoms. The summed E-state index contributed by atoms with van der Waals surface area (Å²) >= 11 is 6.45. The quantitative estimate of drug-likeness (QED) is 0.178. The molecule has 0 saturated heterocycles. The molecule has 0 heterocycles. The third-order valence-corrected chi connectivity index (χ3v) is 9.69. The van der Waals surface area contributed by atoms with Gasteiger partial charge in [0, 0.05) is 24.5 Å². The molecule has 7 nitrogen and oxygen atoms in total. The second-order valence-electron chi connectivity index (χ2n) is 11.6. The molecule has 9 heteroatoms. The first-order valence-corrected chi connectivity index (χ1v) is 16.8. The first-order chi connectivity index (χ1) is 21.5. The molecule has 0 bridgehead atoms. The van der Waals surface area contributed by atoms with E-state index in [4.69, 9.17) is 11.6 Å². The standard InChI is InChI=1S/C36H40ClN3O4S/c1-26(2)23-38-36(42)34(22-29-14-7-5-8-15-29)39(24-30-16-11-13-27(3)21-30)35(41)25-40(33-20-12-19-32(37)28(33)4)45(43,44)31-17-9-6-10-18-31/h5-21,26,34H,22-25H2,1-4H3,(H,38,42)/t34-/m1/s1. The largest absolute Gasteiger partial charge is 0.354 e. The van der Waals surface area contributed by atoms with Crippen LogP contribution < -0.4 is 9.62 Å². The molecule has 0 fully saturated rings. The number of hydrogen-bond donors (Lipinski definition) is 1. The summed E-state index contributed by atoms with van der Waals surface area (Å²) in [5, 5.41) is 3.39. The summed E-state index contributed by atoms with van der Waals surface area (Å²) in [6.45, 7) is 7.70. The van der Waals surface area contributed by atoms with Crippen LogP contribution in [0.4, 0.5) is 5.69 Å². The fourth-order valence-corrected chi connectivity index (χ4v) is 6.75. The maximum absolute atomic E-state index is 14.6. The SMILES string of the molecule is Cc1cccc(CN(C(=O)CN(c2cccc(Cl)c2C)S(=O)(=O)c2ccccc2)[C@H](Cc2ccccc2)C(=O)NCC(C)C)c1. The van der Waals surface area contributed by atoms with Gasteiger partial charge in [-0.15, -0.1) is 0 Å². The molecule has 0 saturated carbocycles. The summed E-state index contributed by atoms with van der Waals surface area (Å²) in [5.41, 5.74) is 3.52. The summed E-state index contributed by atoms with van der Waals surface area (Å²) in [6, 6.07) is 29.3. The van der Waals surface area contributed by atoms with Crippen LogP contribution in [0.3, 0.4) is 0 Å². The maximum atomic E-state index is 14.6. The van der Waals surface area contributed by atoms with E-state index >= 15 is 0 Å². The van der Waals surface area contributed by atoms with Crippen molar-refractivity contribution in [3.05, 3.63) is 130 Å². The van der Waals surface area contributed by atoms with E-state index in [0.717, 1.165) is 21.0 Å². The number of nitrogens with zero attached hydrogens (tertiary/aromatic N) is 2. The van der Waals surface area contributed by atoms with Gasteiger partial charge in [-0.3, -0.25) is 13.9 Å². The molecule has 0 aliphatic heterocycles. The Kier molecular flexibility index (Phi) is 11.4. The van der Waals surface area contributed by atoms with Crippen LogP contribution in [0, 0.1) is 19.8 Å². The van der Waals surface area contributed by atoms with Crippen molar-refractivity contribution in [3.63, 3.8) is 0 Å². The van der Waals surface area contributed by atoms with Gasteiger partial charge in [-0.05, 0) is 60.7 Å². The van der Waals surface area contributed by atoms with Crippen molar-refractivity contribution in [2.75, 3.05) is 17.4 Å². The zero-order chi connectivity index (χ0) is 32.6. The minimum atomic E-state index is -4.20. The van der Waals surface area contributed by atoms with Crippen LogP contribution in [-0.2, 0) is 32.6 Å². The van der Waals surface area contributed by atoms with Crippen molar-refractivity contribution in [1.82, 2.24) is 10.2 Å². The highest BCUT2D eigenvalue weighted by atomic mass is 35.5. The van der Waals surface area contributed by atoms with E-state index in [1.165, 1.54) is 17.0 Å². The van der Waals surface area contributed by atoms with Crippen LogP contribution in [0.25, 0.3) is 0 Å². The molecule has 0 radical (unpaired) electrons. The molecular weight excluding hydrogens is 606 g/mol. The van der Waals surface area contributed by atoms with Crippen LogP contribution in [0.2, 0.25) is 5.02 Å². The van der Waals surface area contributed by atoms with Gasteiger partial charge in [0.25, 0.3) is 10.0 Å². The lowest BCUT2D eigenvalue weighted by Gasteiger charge is -2.34. The number of carbonyl (C=O) groups is 2. The monoisotopic (exact) mass is 645 g/mol. The zero-order valence-corrected chi connectivity index (χ0v) is 27.7. The molecular formula is C36H40ClN3O4S. The minimum Gasteiger partial charge on any atom is -0.354 e. The Balaban J connectivity index is 1.82. The van der Waals surface area contributed by atoms with Gasteiger partial charge < -0.3 is 10.2 Å². The Morgan fingerprint density at radius 3 is 2.09 bits per heavy atom. The topological polar surface area (TPSA) is 86.8 Å². The third kappa shape index (κ3) is 8.74. The van der Waals surface area contributed by atoms with Crippen LogP contribution in [-0.4, -0.2) is 44.3 Å². The summed E-state index contributed by atoms with van der Waals surface area (Å²) in [4.78, 5) is 30.0. The number of sulfonamides is 1. The van der Waals surface area contributed by atoms with Crippen LogP contribution >= 0.6 is 11.6 Å². The molecule has 4 rings (SSSR count). The molecule has 0 aliphatic rings. The van der Waals surface area contributed by atoms with Gasteiger partial charge in [-0.2, -0.15) is 0 Å². The van der Waals surface area contributed by atoms with Crippen molar-refractivity contribution < 1.29 is 18.0 Å². The van der Waals surface area contributed by atoms with Crippen LogP contribution in [0.15, 0.2) is 108 Å². The number of rotatable bonds is 13. The van der Waals surface area contributed by atoms with Crippen molar-refractivity contribution in [2.45, 2.75) is 51.6 Å². The predicted octanol–water partition coefficient (Wildman–Crippen LogP) is 6.56. The summed E-state index contributed by atoms with van der Waals surface area (Å²) in [6.07, 6.45) is 0.254. The highest BCUT2D eigenvalue weighted by Crippen LogP contribution is 2.31. The number of aryl methyl sites for hydroxylation is 1. The van der Waals surface area contributed by atoms with E-state index in [1.54, 1.807) is 43.3 Å². The lowest BCUT2D eigenvalue weighted by Crippen LogP contribution is -2.53. The molecule has 0 aromatic heterocycles. The Hall–Kier alpha value is -4.14. The zero-order valence-electron chi connectivity index (χ0n) is 26.1. The van der Waals surface area contributed by atoms with E-state index in [0.29, 0.717) is 22.8 Å². The summed E-state index contributed by atoms with van der Waals surface area (Å²) in [7, 11) is -4.20. The van der Waals surface area contributed by atoms with Gasteiger partial charge in [0.2, 0.25) is 11.8 Å². The molecule has 2 amide bonds. The molecule has 1 atom stereocenters. The van der Waals surface area contributed by atoms with Gasteiger partial charge in [0.05, 0.1) is 10.6 Å². The Bertz CT molecular complexity index is 1710. The van der Waals surface area contributed by atoms with Crippen LogP contribution in [0.1, 0.15) is 36.1 Å².